The first-order chi connectivity index (χ1) is 13.3. The molecular weight excluding hydrogens is 362 g/mol. The number of hydrogen-bond donors (Lipinski definition) is 1. The van der Waals surface area contributed by atoms with E-state index in [0.717, 1.165) is 24.0 Å². The Morgan fingerprint density at radius 1 is 0.966 bits per heavy atom. The fourth-order valence-electron chi connectivity index (χ4n) is 3.86. The molecular formula is C25H39NO3. The first-order valence-electron chi connectivity index (χ1n) is 10.9. The molecule has 0 unspecified atom stereocenters. The normalized spacial score (nSPS) is 22.8. The lowest BCUT2D eigenvalue weighted by molar-refractivity contribution is -0.125. The predicted molar refractivity (Wildman–Crippen MR) is 118 cm³/mol. The Morgan fingerprint density at radius 2 is 1.52 bits per heavy atom. The fraction of sp³-hybridized carbons (Fsp3) is 0.680. The molecule has 0 aliphatic heterocycles. The van der Waals surface area contributed by atoms with Crippen molar-refractivity contribution in [2.75, 3.05) is 6.61 Å². The molecule has 1 aliphatic carbocycles. The van der Waals surface area contributed by atoms with Crippen LogP contribution >= 0.6 is 0 Å². The van der Waals surface area contributed by atoms with Gasteiger partial charge in [0.15, 0.2) is 6.61 Å². The molecule has 1 aromatic rings. The van der Waals surface area contributed by atoms with Gasteiger partial charge < -0.3 is 10.1 Å². The third kappa shape index (κ3) is 6.32. The number of esters is 1. The molecule has 0 spiro atoms. The van der Waals surface area contributed by atoms with Crippen LogP contribution in [0.4, 0.5) is 0 Å². The van der Waals surface area contributed by atoms with Gasteiger partial charge in [-0.1, -0.05) is 74.3 Å². The average molecular weight is 402 g/mol. The number of benzene rings is 1. The molecule has 1 saturated carbocycles. The van der Waals surface area contributed by atoms with Crippen molar-refractivity contribution in [3.8, 4) is 0 Å². The third-order valence-corrected chi connectivity index (χ3v) is 6.29. The minimum Gasteiger partial charge on any atom is -0.452 e. The molecule has 162 valence electrons. The van der Waals surface area contributed by atoms with Crippen LogP contribution in [0, 0.1) is 11.8 Å². The predicted octanol–water partition coefficient (Wildman–Crippen LogP) is 5.38. The van der Waals surface area contributed by atoms with Crippen molar-refractivity contribution in [3.05, 3.63) is 34.9 Å². The molecule has 0 radical (unpaired) electrons. The molecule has 1 aliphatic rings. The smallest absolute Gasteiger partial charge is 0.338 e. The van der Waals surface area contributed by atoms with Crippen molar-refractivity contribution in [2.45, 2.75) is 91.5 Å². The quantitative estimate of drug-likeness (QED) is 0.689. The molecule has 3 atom stereocenters. The summed E-state index contributed by atoms with van der Waals surface area (Å²) >= 11 is 0. The molecule has 2 rings (SSSR count). The number of hydrogen-bond acceptors (Lipinski definition) is 3. The van der Waals surface area contributed by atoms with Crippen LogP contribution in [0.5, 0.6) is 0 Å². The van der Waals surface area contributed by atoms with Crippen molar-refractivity contribution in [3.63, 3.8) is 0 Å². The van der Waals surface area contributed by atoms with Crippen LogP contribution in [0.15, 0.2) is 18.2 Å². The van der Waals surface area contributed by atoms with Gasteiger partial charge in [0, 0.05) is 6.04 Å². The Kier molecular flexibility index (Phi) is 7.19. The summed E-state index contributed by atoms with van der Waals surface area (Å²) in [7, 11) is 0. The number of ether oxygens (including phenoxy) is 1. The molecule has 1 N–H and O–H groups in total. The van der Waals surface area contributed by atoms with Gasteiger partial charge in [0.05, 0.1) is 5.56 Å². The van der Waals surface area contributed by atoms with E-state index in [1.165, 1.54) is 6.42 Å². The van der Waals surface area contributed by atoms with Gasteiger partial charge in [-0.3, -0.25) is 4.79 Å². The van der Waals surface area contributed by atoms with Gasteiger partial charge in [0.1, 0.15) is 0 Å². The molecule has 1 amide bonds. The highest BCUT2D eigenvalue weighted by atomic mass is 16.5. The maximum Gasteiger partial charge on any atom is 0.338 e. The van der Waals surface area contributed by atoms with Crippen molar-refractivity contribution < 1.29 is 14.3 Å². The zero-order valence-corrected chi connectivity index (χ0v) is 19.5. The summed E-state index contributed by atoms with van der Waals surface area (Å²) in [6.07, 6.45) is 3.34. The topological polar surface area (TPSA) is 55.4 Å². The molecule has 1 aromatic carbocycles. The third-order valence-electron chi connectivity index (χ3n) is 6.29. The van der Waals surface area contributed by atoms with E-state index in [1.54, 1.807) is 0 Å². The summed E-state index contributed by atoms with van der Waals surface area (Å²) in [5.41, 5.74) is 2.52. The van der Waals surface area contributed by atoms with Crippen molar-refractivity contribution >= 4 is 11.9 Å². The van der Waals surface area contributed by atoms with Crippen molar-refractivity contribution in [1.29, 1.82) is 0 Å². The van der Waals surface area contributed by atoms with Crippen molar-refractivity contribution in [1.82, 2.24) is 5.32 Å². The number of carbonyl (C=O) groups excluding carboxylic acids is 2. The van der Waals surface area contributed by atoms with Gasteiger partial charge in [-0.15, -0.1) is 0 Å². The number of nitrogens with one attached hydrogen (secondary N) is 1. The Balaban J connectivity index is 2.07. The average Bonchev–Trinajstić information content (AvgIpc) is 2.61. The molecule has 0 bridgehead atoms. The van der Waals surface area contributed by atoms with E-state index < -0.39 is 5.97 Å². The van der Waals surface area contributed by atoms with Gasteiger partial charge in [0.25, 0.3) is 5.91 Å². The molecule has 1 fully saturated rings. The number of carbonyl (C=O) groups is 2. The van der Waals surface area contributed by atoms with E-state index in [0.29, 0.717) is 17.4 Å². The zero-order valence-electron chi connectivity index (χ0n) is 19.5. The van der Waals surface area contributed by atoms with Crippen LogP contribution in [0.1, 0.15) is 96.1 Å². The van der Waals surface area contributed by atoms with Crippen LogP contribution in [0.25, 0.3) is 0 Å². The maximum atomic E-state index is 12.7. The van der Waals surface area contributed by atoms with E-state index >= 15 is 0 Å². The second-order valence-corrected chi connectivity index (χ2v) is 10.8. The lowest BCUT2D eigenvalue weighted by Crippen LogP contribution is -2.45. The molecule has 0 aromatic heterocycles. The summed E-state index contributed by atoms with van der Waals surface area (Å²) in [6, 6.07) is 6.11. The molecule has 4 nitrogen and oxygen atoms in total. The highest BCUT2D eigenvalue weighted by Crippen LogP contribution is 2.31. The largest absolute Gasteiger partial charge is 0.452 e. The first-order valence-corrected chi connectivity index (χ1v) is 10.9. The minimum atomic E-state index is -0.443. The molecule has 29 heavy (non-hydrogen) atoms. The highest BCUT2D eigenvalue weighted by Gasteiger charge is 2.28. The first kappa shape index (κ1) is 23.4. The van der Waals surface area contributed by atoms with Gasteiger partial charge in [0.2, 0.25) is 0 Å². The summed E-state index contributed by atoms with van der Waals surface area (Å²) in [5, 5.41) is 3.06. The summed E-state index contributed by atoms with van der Waals surface area (Å²) in [4.78, 5) is 25.1. The molecule has 4 heteroatoms. The monoisotopic (exact) mass is 401 g/mol. The zero-order chi connectivity index (χ0) is 22.0. The second kappa shape index (κ2) is 8.89. The SMILES string of the molecule is C[C@H]1[C@H](C)CCC[C@H]1NC(=O)COC(=O)c1cc(C(C)(C)C)cc(C(C)(C)C)c1. The van der Waals surface area contributed by atoms with Crippen LogP contribution < -0.4 is 5.32 Å². The van der Waals surface area contributed by atoms with Crippen LogP contribution in [-0.4, -0.2) is 24.5 Å². The Morgan fingerprint density at radius 3 is 2.03 bits per heavy atom. The molecule has 0 saturated heterocycles. The van der Waals surface area contributed by atoms with E-state index in [4.69, 9.17) is 4.74 Å². The highest BCUT2D eigenvalue weighted by molar-refractivity contribution is 5.92. The van der Waals surface area contributed by atoms with Gasteiger partial charge in [-0.2, -0.15) is 0 Å². The lowest BCUT2D eigenvalue weighted by atomic mass is 9.78. The summed E-state index contributed by atoms with van der Waals surface area (Å²) in [5.74, 6) is 0.392. The Hall–Kier alpha value is -1.84. The van der Waals surface area contributed by atoms with Gasteiger partial charge in [-0.25, -0.2) is 4.79 Å². The number of rotatable bonds is 4. The van der Waals surface area contributed by atoms with E-state index in [-0.39, 0.29) is 29.4 Å². The minimum absolute atomic E-state index is 0.0819. The summed E-state index contributed by atoms with van der Waals surface area (Å²) < 4.78 is 5.38. The second-order valence-electron chi connectivity index (χ2n) is 10.8. The standard InChI is InChI=1S/C25H39NO3/c1-16-10-9-11-21(17(16)2)26-22(27)15-29-23(28)18-12-19(24(3,4)5)14-20(13-18)25(6,7)8/h12-14,16-17,21H,9-11,15H2,1-8H3,(H,26,27)/t16-,17+,21-/m1/s1. The Bertz CT molecular complexity index is 707. The maximum absolute atomic E-state index is 12.7. The fourth-order valence-corrected chi connectivity index (χ4v) is 3.86. The van der Waals surface area contributed by atoms with E-state index in [1.807, 2.05) is 12.1 Å². The van der Waals surface area contributed by atoms with Gasteiger partial charge >= 0.3 is 5.97 Å². The van der Waals surface area contributed by atoms with Gasteiger partial charge in [-0.05, 0) is 52.3 Å². The number of amides is 1. The van der Waals surface area contributed by atoms with Crippen LogP contribution in [0.3, 0.4) is 0 Å². The van der Waals surface area contributed by atoms with Crippen molar-refractivity contribution in [2.24, 2.45) is 11.8 Å². The summed E-state index contributed by atoms with van der Waals surface area (Å²) in [6.45, 7) is 17.0. The molecule has 0 heterocycles. The van der Waals surface area contributed by atoms with E-state index in [9.17, 15) is 9.59 Å². The van der Waals surface area contributed by atoms with E-state index in [2.05, 4.69) is 66.8 Å². The van der Waals surface area contributed by atoms with Crippen LogP contribution in [0.2, 0.25) is 0 Å². The van der Waals surface area contributed by atoms with Crippen LogP contribution in [-0.2, 0) is 20.4 Å². The lowest BCUT2D eigenvalue weighted by Gasteiger charge is -2.34. The Labute approximate surface area is 176 Å².